The molecule has 0 spiro atoms. The van der Waals surface area contributed by atoms with Crippen molar-refractivity contribution < 1.29 is 0 Å². The van der Waals surface area contributed by atoms with Crippen molar-refractivity contribution in [2.75, 3.05) is 11.4 Å². The van der Waals surface area contributed by atoms with Gasteiger partial charge in [-0.25, -0.2) is 0 Å². The summed E-state index contributed by atoms with van der Waals surface area (Å²) in [7, 11) is 0. The molecule has 1 aliphatic rings. The molecule has 0 bridgehead atoms. The summed E-state index contributed by atoms with van der Waals surface area (Å²) in [5.74, 6) is 0. The van der Waals surface area contributed by atoms with Gasteiger partial charge in [-0.15, -0.1) is 0 Å². The summed E-state index contributed by atoms with van der Waals surface area (Å²) in [6.45, 7) is 15.9. The quantitative estimate of drug-likeness (QED) is 0.134. The van der Waals surface area contributed by atoms with E-state index < -0.39 is 0 Å². The van der Waals surface area contributed by atoms with Crippen molar-refractivity contribution in [3.8, 4) is 33.4 Å². The minimum Gasteiger partial charge on any atom is -0.338 e. The Morgan fingerprint density at radius 3 is 1.80 bits per heavy atom. The summed E-state index contributed by atoms with van der Waals surface area (Å²) in [5.41, 5.74) is 19.0. The van der Waals surface area contributed by atoms with Crippen LogP contribution in [0.15, 0.2) is 201 Å². The lowest BCUT2D eigenvalue weighted by Gasteiger charge is -2.24. The van der Waals surface area contributed by atoms with Gasteiger partial charge in [0, 0.05) is 23.3 Å². The predicted octanol–water partition coefficient (Wildman–Crippen LogP) is 14.9. The fraction of sp³-hybridized carbons (Fsp3) is 0.127. The van der Waals surface area contributed by atoms with Gasteiger partial charge in [-0.1, -0.05) is 184 Å². The van der Waals surface area contributed by atoms with Gasteiger partial charge in [0.05, 0.1) is 0 Å². The zero-order valence-corrected chi connectivity index (χ0v) is 33.3. The van der Waals surface area contributed by atoms with Crippen LogP contribution in [0.1, 0.15) is 47.2 Å². The number of nitrogens with zero attached hydrogens (tertiary/aromatic N) is 1. The molecule has 0 saturated heterocycles. The Hall–Kier alpha value is -6.44. The van der Waals surface area contributed by atoms with E-state index in [1.54, 1.807) is 0 Å². The Balaban J connectivity index is 0.000000620. The van der Waals surface area contributed by atoms with Gasteiger partial charge in [0.2, 0.25) is 0 Å². The molecule has 1 nitrogen and oxygen atoms in total. The van der Waals surface area contributed by atoms with Crippen LogP contribution in [-0.4, -0.2) is 6.54 Å². The van der Waals surface area contributed by atoms with E-state index in [1.165, 1.54) is 66.8 Å². The zero-order valence-electron chi connectivity index (χ0n) is 33.3. The molecule has 0 heterocycles. The minimum absolute atomic E-state index is 0.0398. The Morgan fingerprint density at radius 2 is 1.12 bits per heavy atom. The smallest absolute Gasteiger partial charge is 0.0415 e. The average molecular weight is 726 g/mol. The van der Waals surface area contributed by atoms with Crippen molar-refractivity contribution in [3.05, 3.63) is 234 Å². The van der Waals surface area contributed by atoms with Gasteiger partial charge in [0.15, 0.2) is 0 Å². The SMILES string of the molecule is C=C/C=C(\C=C/CN(c1ccccc1)c1ccc(-c2ccc(C)c(-c3ccccc3C)c2)cc1)c1ccc2c(c1)C(C)(C)c1ccccc1-2.Cc1ccccc1. The molecule has 0 radical (unpaired) electrons. The molecule has 7 aromatic carbocycles. The highest BCUT2D eigenvalue weighted by Gasteiger charge is 2.35. The predicted molar refractivity (Wildman–Crippen MR) is 243 cm³/mol. The zero-order chi connectivity index (χ0) is 39.1. The van der Waals surface area contributed by atoms with Crippen molar-refractivity contribution >= 4 is 16.9 Å². The molecule has 0 aromatic heterocycles. The summed E-state index contributed by atoms with van der Waals surface area (Å²) < 4.78 is 0. The fourth-order valence-electron chi connectivity index (χ4n) is 7.85. The lowest BCUT2D eigenvalue weighted by Crippen LogP contribution is -2.16. The molecule has 1 aliphatic carbocycles. The Bertz CT molecular complexity index is 2500. The topological polar surface area (TPSA) is 3.24 Å². The molecule has 0 aliphatic heterocycles. The van der Waals surface area contributed by atoms with Gasteiger partial charge in [0.25, 0.3) is 0 Å². The van der Waals surface area contributed by atoms with Crippen molar-refractivity contribution in [2.24, 2.45) is 0 Å². The molecule has 7 aromatic rings. The van der Waals surface area contributed by atoms with Crippen LogP contribution in [0.25, 0.3) is 39.0 Å². The van der Waals surface area contributed by atoms with Gasteiger partial charge >= 0.3 is 0 Å². The lowest BCUT2D eigenvalue weighted by molar-refractivity contribution is 0.660. The molecule has 0 amide bonds. The highest BCUT2D eigenvalue weighted by Crippen LogP contribution is 2.49. The second kappa shape index (κ2) is 16.9. The number of rotatable bonds is 9. The number of hydrogen-bond acceptors (Lipinski definition) is 1. The molecule has 276 valence electrons. The fourth-order valence-corrected chi connectivity index (χ4v) is 7.85. The first-order valence-electron chi connectivity index (χ1n) is 19.6. The standard InChI is InChI=1S/C48H43N.C7H8/c1-6-15-36(39-27-30-44-43-21-12-13-22-46(43)48(4,5)47(44)33-39)17-14-31-49(40-18-8-7-9-19-40)41-28-25-37(26-29-41)38-24-23-35(3)45(32-38)42-20-11-10-16-34(42)2;1-7-5-3-2-4-6-7/h6-30,32-33H,1,31H2,2-5H3;2-6H,1H3/b17-14-,36-15+;. The second-order valence-corrected chi connectivity index (χ2v) is 15.2. The van der Waals surface area contributed by atoms with Crippen LogP contribution in [0.4, 0.5) is 11.4 Å². The van der Waals surface area contributed by atoms with Crippen LogP contribution >= 0.6 is 0 Å². The van der Waals surface area contributed by atoms with E-state index in [-0.39, 0.29) is 5.41 Å². The van der Waals surface area contributed by atoms with Crippen LogP contribution in [0, 0.1) is 20.8 Å². The first-order chi connectivity index (χ1) is 27.2. The molecule has 0 N–H and O–H groups in total. The number of aryl methyl sites for hydroxylation is 3. The van der Waals surface area contributed by atoms with Gasteiger partial charge in [0.1, 0.15) is 0 Å². The first-order valence-corrected chi connectivity index (χ1v) is 19.6. The normalized spacial score (nSPS) is 12.7. The number of fused-ring (bicyclic) bond motifs is 3. The van der Waals surface area contributed by atoms with Gasteiger partial charge in [-0.3, -0.25) is 0 Å². The van der Waals surface area contributed by atoms with E-state index in [9.17, 15) is 0 Å². The molecule has 8 rings (SSSR count). The van der Waals surface area contributed by atoms with E-state index in [4.69, 9.17) is 0 Å². The lowest BCUT2D eigenvalue weighted by atomic mass is 9.81. The Kier molecular flexibility index (Phi) is 11.4. The van der Waals surface area contributed by atoms with Crippen molar-refractivity contribution in [3.63, 3.8) is 0 Å². The van der Waals surface area contributed by atoms with Crippen LogP contribution in [-0.2, 0) is 5.41 Å². The summed E-state index contributed by atoms with van der Waals surface area (Å²) in [6, 6.07) is 61.0. The monoisotopic (exact) mass is 725 g/mol. The first kappa shape index (κ1) is 37.9. The molecular weight excluding hydrogens is 675 g/mol. The molecule has 0 saturated carbocycles. The second-order valence-electron chi connectivity index (χ2n) is 15.2. The van der Waals surface area contributed by atoms with Crippen LogP contribution < -0.4 is 4.90 Å². The van der Waals surface area contributed by atoms with Crippen LogP contribution in [0.5, 0.6) is 0 Å². The maximum Gasteiger partial charge on any atom is 0.0415 e. The van der Waals surface area contributed by atoms with Crippen molar-refractivity contribution in [1.82, 2.24) is 0 Å². The van der Waals surface area contributed by atoms with E-state index >= 15 is 0 Å². The summed E-state index contributed by atoms with van der Waals surface area (Å²) in [4.78, 5) is 2.36. The largest absolute Gasteiger partial charge is 0.338 e. The molecule has 56 heavy (non-hydrogen) atoms. The minimum atomic E-state index is -0.0398. The van der Waals surface area contributed by atoms with E-state index in [0.29, 0.717) is 0 Å². The van der Waals surface area contributed by atoms with E-state index in [2.05, 4.69) is 216 Å². The summed E-state index contributed by atoms with van der Waals surface area (Å²) in [6.07, 6.45) is 8.50. The van der Waals surface area contributed by atoms with Crippen molar-refractivity contribution in [1.29, 1.82) is 0 Å². The number of allylic oxidation sites excluding steroid dienone is 4. The van der Waals surface area contributed by atoms with Gasteiger partial charge in [-0.2, -0.15) is 0 Å². The third kappa shape index (κ3) is 8.14. The maximum absolute atomic E-state index is 4.04. The highest BCUT2D eigenvalue weighted by atomic mass is 15.1. The summed E-state index contributed by atoms with van der Waals surface area (Å²) in [5, 5.41) is 0. The number of benzene rings is 7. The van der Waals surface area contributed by atoms with E-state index in [1.807, 2.05) is 24.3 Å². The number of anilines is 2. The van der Waals surface area contributed by atoms with Crippen LogP contribution in [0.3, 0.4) is 0 Å². The average Bonchev–Trinajstić information content (AvgIpc) is 3.46. The van der Waals surface area contributed by atoms with Gasteiger partial charge in [-0.05, 0) is 124 Å². The van der Waals surface area contributed by atoms with Crippen molar-refractivity contribution in [2.45, 2.75) is 40.0 Å². The molecule has 1 heteroatoms. The summed E-state index contributed by atoms with van der Waals surface area (Å²) >= 11 is 0. The number of para-hydroxylation sites is 1. The number of hydrogen-bond donors (Lipinski definition) is 0. The third-order valence-corrected chi connectivity index (χ3v) is 11.0. The molecule has 0 fully saturated rings. The van der Waals surface area contributed by atoms with Crippen LogP contribution in [0.2, 0.25) is 0 Å². The highest BCUT2D eigenvalue weighted by molar-refractivity contribution is 5.85. The third-order valence-electron chi connectivity index (χ3n) is 11.0. The Morgan fingerprint density at radius 1 is 0.536 bits per heavy atom. The van der Waals surface area contributed by atoms with Gasteiger partial charge < -0.3 is 4.90 Å². The maximum atomic E-state index is 4.04. The molecule has 0 unspecified atom stereocenters. The molecule has 0 atom stereocenters. The Labute approximate surface area is 334 Å². The molecular formula is C55H51N. The van der Waals surface area contributed by atoms with E-state index in [0.717, 1.165) is 23.5 Å².